The molecule has 7 heteroatoms. The zero-order valence-electron chi connectivity index (χ0n) is 14.1. The van der Waals surface area contributed by atoms with Gasteiger partial charge in [0.2, 0.25) is 5.91 Å². The molecule has 1 aliphatic heterocycles. The average molecular weight is 372 g/mol. The summed E-state index contributed by atoms with van der Waals surface area (Å²) in [6.07, 6.45) is 2.15. The molecule has 1 N–H and O–H groups in total. The van der Waals surface area contributed by atoms with Gasteiger partial charge in [-0.25, -0.2) is 4.39 Å². The van der Waals surface area contributed by atoms with Gasteiger partial charge in [0.15, 0.2) is 0 Å². The number of hydrogen-bond donors (Lipinski definition) is 1. The number of rotatable bonds is 6. The summed E-state index contributed by atoms with van der Waals surface area (Å²) in [5.74, 6) is -1.59. The molecule has 0 aromatic heterocycles. The number of imide groups is 1. The lowest BCUT2D eigenvalue weighted by Gasteiger charge is -2.25. The monoisotopic (exact) mass is 372 g/mol. The van der Waals surface area contributed by atoms with Crippen molar-refractivity contribution < 1.29 is 18.8 Å². The molecule has 2 aromatic rings. The van der Waals surface area contributed by atoms with E-state index in [0.29, 0.717) is 5.75 Å². The molecular weight excluding hydrogens is 355 g/mol. The predicted octanol–water partition coefficient (Wildman–Crippen LogP) is 3.18. The van der Waals surface area contributed by atoms with Crippen LogP contribution < -0.4 is 5.32 Å². The number of anilines is 1. The van der Waals surface area contributed by atoms with Crippen molar-refractivity contribution in [1.82, 2.24) is 4.90 Å². The van der Waals surface area contributed by atoms with Crippen molar-refractivity contribution in [3.05, 3.63) is 65.5 Å². The van der Waals surface area contributed by atoms with Crippen LogP contribution >= 0.6 is 11.8 Å². The highest BCUT2D eigenvalue weighted by molar-refractivity contribution is 7.98. The van der Waals surface area contributed by atoms with E-state index in [1.165, 1.54) is 30.0 Å². The smallest absolute Gasteiger partial charge is 0.262 e. The van der Waals surface area contributed by atoms with Gasteiger partial charge in [0.05, 0.1) is 16.8 Å². The molecule has 0 aliphatic carbocycles. The molecule has 0 fully saturated rings. The number of thioether (sulfide) groups is 1. The summed E-state index contributed by atoms with van der Waals surface area (Å²) < 4.78 is 13.8. The number of nitrogens with zero attached hydrogens (tertiary/aromatic N) is 1. The second kappa shape index (κ2) is 7.70. The van der Waals surface area contributed by atoms with Crippen LogP contribution in [0.25, 0.3) is 0 Å². The first-order valence-corrected chi connectivity index (χ1v) is 9.45. The van der Waals surface area contributed by atoms with Crippen LogP contribution in [0.2, 0.25) is 0 Å². The molecule has 0 saturated carbocycles. The number of amides is 3. The van der Waals surface area contributed by atoms with E-state index in [1.54, 1.807) is 30.3 Å². The van der Waals surface area contributed by atoms with Gasteiger partial charge in [-0.15, -0.1) is 0 Å². The van der Waals surface area contributed by atoms with Crippen molar-refractivity contribution in [2.75, 3.05) is 17.3 Å². The van der Waals surface area contributed by atoms with Crippen LogP contribution in [0.5, 0.6) is 0 Å². The Morgan fingerprint density at radius 3 is 2.23 bits per heavy atom. The SMILES string of the molecule is CSCC[C@@H](C(=O)Nc1ccccc1F)N1C(=O)c2ccccc2C1=O. The van der Waals surface area contributed by atoms with Gasteiger partial charge in [0.25, 0.3) is 11.8 Å². The van der Waals surface area contributed by atoms with Gasteiger partial charge in [0.1, 0.15) is 11.9 Å². The number of benzene rings is 2. The van der Waals surface area contributed by atoms with Crippen LogP contribution in [-0.2, 0) is 4.79 Å². The van der Waals surface area contributed by atoms with E-state index in [4.69, 9.17) is 0 Å². The number of fused-ring (bicyclic) bond motifs is 1. The topological polar surface area (TPSA) is 66.5 Å². The van der Waals surface area contributed by atoms with E-state index in [0.717, 1.165) is 4.90 Å². The molecule has 2 aromatic carbocycles. The van der Waals surface area contributed by atoms with Crippen LogP contribution in [0.15, 0.2) is 48.5 Å². The summed E-state index contributed by atoms with van der Waals surface area (Å²) in [5, 5.41) is 2.49. The Morgan fingerprint density at radius 2 is 1.65 bits per heavy atom. The third-order valence-electron chi connectivity index (χ3n) is 4.17. The zero-order chi connectivity index (χ0) is 18.7. The zero-order valence-corrected chi connectivity index (χ0v) is 14.9. The molecule has 0 bridgehead atoms. The Balaban J connectivity index is 1.89. The number of halogens is 1. The normalized spacial score (nSPS) is 14.3. The van der Waals surface area contributed by atoms with E-state index in [1.807, 2.05) is 6.26 Å². The van der Waals surface area contributed by atoms with E-state index in [-0.39, 0.29) is 23.2 Å². The van der Waals surface area contributed by atoms with Crippen molar-refractivity contribution in [2.45, 2.75) is 12.5 Å². The highest BCUT2D eigenvalue weighted by Gasteiger charge is 2.42. The molecule has 1 atom stereocenters. The molecule has 3 rings (SSSR count). The molecule has 0 radical (unpaired) electrons. The average Bonchev–Trinajstić information content (AvgIpc) is 2.89. The van der Waals surface area contributed by atoms with E-state index >= 15 is 0 Å². The van der Waals surface area contributed by atoms with Crippen molar-refractivity contribution in [1.29, 1.82) is 0 Å². The maximum Gasteiger partial charge on any atom is 0.262 e. The van der Waals surface area contributed by atoms with E-state index < -0.39 is 29.6 Å². The molecule has 0 spiro atoms. The number of hydrogen-bond acceptors (Lipinski definition) is 4. The number of carbonyl (C=O) groups excluding carboxylic acids is 3. The largest absolute Gasteiger partial charge is 0.322 e. The van der Waals surface area contributed by atoms with Gasteiger partial charge in [-0.1, -0.05) is 24.3 Å². The summed E-state index contributed by atoms with van der Waals surface area (Å²) in [7, 11) is 0. The third-order valence-corrected chi connectivity index (χ3v) is 4.81. The molecule has 0 unspecified atom stereocenters. The van der Waals surface area contributed by atoms with Gasteiger partial charge >= 0.3 is 0 Å². The fraction of sp³-hybridized carbons (Fsp3) is 0.211. The summed E-state index contributed by atoms with van der Waals surface area (Å²) >= 11 is 1.50. The molecule has 1 aliphatic rings. The maximum atomic E-state index is 13.8. The van der Waals surface area contributed by atoms with Gasteiger partial charge in [0, 0.05) is 0 Å². The van der Waals surface area contributed by atoms with Crippen LogP contribution in [0.1, 0.15) is 27.1 Å². The Hall–Kier alpha value is -2.67. The fourth-order valence-electron chi connectivity index (χ4n) is 2.88. The van der Waals surface area contributed by atoms with Gasteiger partial charge in [-0.2, -0.15) is 11.8 Å². The molecule has 0 saturated heterocycles. The molecule has 26 heavy (non-hydrogen) atoms. The second-order valence-electron chi connectivity index (χ2n) is 5.79. The third kappa shape index (κ3) is 3.35. The molecule has 5 nitrogen and oxygen atoms in total. The lowest BCUT2D eigenvalue weighted by molar-refractivity contribution is -0.120. The van der Waals surface area contributed by atoms with Crippen molar-refractivity contribution >= 4 is 35.2 Å². The van der Waals surface area contributed by atoms with Gasteiger partial charge in [-0.05, 0) is 42.7 Å². The second-order valence-corrected chi connectivity index (χ2v) is 6.78. The van der Waals surface area contributed by atoms with Crippen molar-refractivity contribution in [2.24, 2.45) is 0 Å². The minimum absolute atomic E-state index is 0.0169. The summed E-state index contributed by atoms with van der Waals surface area (Å²) in [6.45, 7) is 0. The van der Waals surface area contributed by atoms with Crippen LogP contribution in [0.3, 0.4) is 0 Å². The Morgan fingerprint density at radius 1 is 1.08 bits per heavy atom. The standard InChI is InChI=1S/C19H17FN2O3S/c1-26-11-10-16(17(23)21-15-9-5-4-8-14(15)20)22-18(24)12-6-2-3-7-13(12)19(22)25/h2-9,16H,10-11H2,1H3,(H,21,23)/t16-/m0/s1. The summed E-state index contributed by atoms with van der Waals surface area (Å²) in [5.41, 5.74) is 0.582. The van der Waals surface area contributed by atoms with E-state index in [9.17, 15) is 18.8 Å². The first-order valence-electron chi connectivity index (χ1n) is 8.06. The van der Waals surface area contributed by atoms with E-state index in [2.05, 4.69) is 5.32 Å². The Labute approximate surface area is 154 Å². The number of nitrogens with one attached hydrogen (secondary N) is 1. The van der Waals surface area contributed by atoms with Crippen LogP contribution in [0.4, 0.5) is 10.1 Å². The quantitative estimate of drug-likeness (QED) is 0.791. The highest BCUT2D eigenvalue weighted by atomic mass is 32.2. The fourth-order valence-corrected chi connectivity index (χ4v) is 3.34. The predicted molar refractivity (Wildman–Crippen MR) is 98.8 cm³/mol. The summed E-state index contributed by atoms with van der Waals surface area (Å²) in [4.78, 5) is 39.1. The maximum absolute atomic E-state index is 13.8. The lowest BCUT2D eigenvalue weighted by atomic mass is 10.1. The molecule has 3 amide bonds. The van der Waals surface area contributed by atoms with Crippen molar-refractivity contribution in [3.8, 4) is 0 Å². The van der Waals surface area contributed by atoms with Crippen LogP contribution in [0, 0.1) is 5.82 Å². The molecule has 1 heterocycles. The summed E-state index contributed by atoms with van der Waals surface area (Å²) in [6, 6.07) is 11.2. The highest BCUT2D eigenvalue weighted by Crippen LogP contribution is 2.27. The van der Waals surface area contributed by atoms with Crippen LogP contribution in [-0.4, -0.2) is 40.7 Å². The molecule has 134 valence electrons. The first-order chi connectivity index (χ1) is 12.5. The minimum atomic E-state index is -1.01. The van der Waals surface area contributed by atoms with Gasteiger partial charge in [-0.3, -0.25) is 19.3 Å². The number of carbonyl (C=O) groups is 3. The first kappa shape index (κ1) is 18.1. The number of para-hydroxylation sites is 1. The van der Waals surface area contributed by atoms with Crippen molar-refractivity contribution in [3.63, 3.8) is 0 Å². The lowest BCUT2D eigenvalue weighted by Crippen LogP contribution is -2.47. The Kier molecular flexibility index (Phi) is 5.37. The van der Waals surface area contributed by atoms with Gasteiger partial charge < -0.3 is 5.32 Å². The minimum Gasteiger partial charge on any atom is -0.322 e. The Bertz CT molecular complexity index is 836. The molecular formula is C19H17FN2O3S.